The van der Waals surface area contributed by atoms with Crippen molar-refractivity contribution in [3.8, 4) is 0 Å². The highest BCUT2D eigenvalue weighted by Gasteiger charge is 2.10. The van der Waals surface area contributed by atoms with Gasteiger partial charge in [-0.3, -0.25) is 0 Å². The largest absolute Gasteiger partial charge is 0.396 e. The van der Waals surface area contributed by atoms with Gasteiger partial charge in [-0.2, -0.15) is 0 Å². The minimum atomic E-state index is -0.863. The molecule has 2 aromatic carbocycles. The molecule has 2 N–H and O–H groups in total. The van der Waals surface area contributed by atoms with Gasteiger partial charge in [-0.15, -0.1) is 11.3 Å². The highest BCUT2D eigenvalue weighted by Crippen LogP contribution is 2.37. The van der Waals surface area contributed by atoms with Gasteiger partial charge in [-0.05, 0) is 30.3 Å². The Balaban J connectivity index is 2.00. The third kappa shape index (κ3) is 2.29. The SMILES string of the molecule is Nc1c(Sc2ccc(F)c(F)c2)ccc2scnc12. The Morgan fingerprint density at radius 1 is 1.11 bits per heavy atom. The van der Waals surface area contributed by atoms with Crippen molar-refractivity contribution in [2.24, 2.45) is 0 Å². The Morgan fingerprint density at radius 2 is 1.95 bits per heavy atom. The summed E-state index contributed by atoms with van der Waals surface area (Å²) in [6.45, 7) is 0. The molecule has 0 unspecified atom stereocenters. The van der Waals surface area contributed by atoms with Crippen molar-refractivity contribution in [2.75, 3.05) is 5.73 Å². The Bertz CT molecular complexity index is 755. The van der Waals surface area contributed by atoms with E-state index in [0.29, 0.717) is 10.6 Å². The lowest BCUT2D eigenvalue weighted by molar-refractivity contribution is 0.506. The quantitative estimate of drug-likeness (QED) is 0.716. The fourth-order valence-electron chi connectivity index (χ4n) is 1.69. The summed E-state index contributed by atoms with van der Waals surface area (Å²) in [6, 6.07) is 7.57. The minimum Gasteiger partial charge on any atom is -0.396 e. The smallest absolute Gasteiger partial charge is 0.159 e. The summed E-state index contributed by atoms with van der Waals surface area (Å²) < 4.78 is 27.0. The molecule has 6 heteroatoms. The number of nitrogen functional groups attached to an aromatic ring is 1. The second-order valence-corrected chi connectivity index (χ2v) is 5.86. The van der Waals surface area contributed by atoms with Gasteiger partial charge in [0.1, 0.15) is 5.52 Å². The lowest BCUT2D eigenvalue weighted by atomic mass is 10.3. The Morgan fingerprint density at radius 3 is 2.74 bits per heavy atom. The van der Waals surface area contributed by atoms with Crippen LogP contribution in [0.25, 0.3) is 10.2 Å². The van der Waals surface area contributed by atoms with Gasteiger partial charge in [0.25, 0.3) is 0 Å². The third-order valence-corrected chi connectivity index (χ3v) is 4.48. The number of benzene rings is 2. The molecule has 1 heterocycles. The maximum Gasteiger partial charge on any atom is 0.159 e. The standard InChI is InChI=1S/C13H8F2N2S2/c14-8-2-1-7(5-9(8)15)19-10-3-4-11-13(12(10)16)17-6-18-11/h1-6H,16H2. The van der Waals surface area contributed by atoms with Crippen LogP contribution in [-0.4, -0.2) is 4.98 Å². The Hall–Kier alpha value is -1.66. The molecular weight excluding hydrogens is 286 g/mol. The van der Waals surface area contributed by atoms with Crippen LogP contribution in [0.1, 0.15) is 0 Å². The molecule has 3 rings (SSSR count). The first kappa shape index (κ1) is 12.4. The van der Waals surface area contributed by atoms with E-state index in [1.54, 1.807) is 5.51 Å². The van der Waals surface area contributed by atoms with Gasteiger partial charge in [0.2, 0.25) is 0 Å². The zero-order chi connectivity index (χ0) is 13.4. The number of aromatic nitrogens is 1. The maximum atomic E-state index is 13.2. The molecule has 96 valence electrons. The molecule has 0 aliphatic rings. The lowest BCUT2D eigenvalue weighted by Crippen LogP contribution is -1.90. The number of halogens is 2. The fourth-order valence-corrected chi connectivity index (χ4v) is 3.28. The van der Waals surface area contributed by atoms with Gasteiger partial charge < -0.3 is 5.73 Å². The second kappa shape index (κ2) is 4.79. The Kier molecular flexibility index (Phi) is 3.12. The van der Waals surface area contributed by atoms with Crippen LogP contribution in [0.2, 0.25) is 0 Å². The average molecular weight is 294 g/mol. The third-order valence-electron chi connectivity index (χ3n) is 2.62. The van der Waals surface area contributed by atoms with Gasteiger partial charge >= 0.3 is 0 Å². The molecule has 0 spiro atoms. The molecule has 3 aromatic rings. The van der Waals surface area contributed by atoms with Crippen LogP contribution < -0.4 is 5.73 Å². The van der Waals surface area contributed by atoms with E-state index in [1.165, 1.54) is 29.2 Å². The number of nitrogens with zero attached hydrogens (tertiary/aromatic N) is 1. The van der Waals surface area contributed by atoms with E-state index in [0.717, 1.165) is 27.2 Å². The van der Waals surface area contributed by atoms with E-state index in [4.69, 9.17) is 5.73 Å². The molecular formula is C13H8F2N2S2. The van der Waals surface area contributed by atoms with Crippen LogP contribution >= 0.6 is 23.1 Å². The molecule has 19 heavy (non-hydrogen) atoms. The first-order valence-electron chi connectivity index (χ1n) is 5.40. The van der Waals surface area contributed by atoms with E-state index < -0.39 is 11.6 Å². The van der Waals surface area contributed by atoms with Gasteiger partial charge in [0.15, 0.2) is 11.6 Å². The molecule has 0 aliphatic heterocycles. The number of anilines is 1. The zero-order valence-electron chi connectivity index (χ0n) is 9.56. The lowest BCUT2D eigenvalue weighted by Gasteiger charge is -2.06. The summed E-state index contributed by atoms with van der Waals surface area (Å²) in [7, 11) is 0. The number of thiazole rings is 1. The number of hydrogen-bond acceptors (Lipinski definition) is 4. The van der Waals surface area contributed by atoms with E-state index >= 15 is 0 Å². The van der Waals surface area contributed by atoms with Crippen LogP contribution in [0.15, 0.2) is 45.6 Å². The molecule has 1 aromatic heterocycles. The summed E-state index contributed by atoms with van der Waals surface area (Å²) in [4.78, 5) is 5.58. The average Bonchev–Trinajstić information content (AvgIpc) is 2.86. The summed E-state index contributed by atoms with van der Waals surface area (Å²) in [6.07, 6.45) is 0. The summed E-state index contributed by atoms with van der Waals surface area (Å²) >= 11 is 2.80. The molecule has 0 amide bonds. The van der Waals surface area contributed by atoms with Crippen molar-refractivity contribution < 1.29 is 8.78 Å². The van der Waals surface area contributed by atoms with Gasteiger partial charge in [0, 0.05) is 9.79 Å². The first-order valence-corrected chi connectivity index (χ1v) is 7.09. The van der Waals surface area contributed by atoms with Crippen molar-refractivity contribution in [3.63, 3.8) is 0 Å². The van der Waals surface area contributed by atoms with Crippen LogP contribution in [0, 0.1) is 11.6 Å². The van der Waals surface area contributed by atoms with Gasteiger partial charge in [-0.25, -0.2) is 13.8 Å². The van der Waals surface area contributed by atoms with Crippen molar-refractivity contribution >= 4 is 39.0 Å². The van der Waals surface area contributed by atoms with Gasteiger partial charge in [-0.1, -0.05) is 11.8 Å². The molecule has 0 saturated carbocycles. The monoisotopic (exact) mass is 294 g/mol. The molecule has 0 fully saturated rings. The van der Waals surface area contributed by atoms with Crippen molar-refractivity contribution in [3.05, 3.63) is 47.5 Å². The van der Waals surface area contributed by atoms with Crippen LogP contribution in [0.3, 0.4) is 0 Å². The van der Waals surface area contributed by atoms with Crippen LogP contribution in [0.4, 0.5) is 14.5 Å². The summed E-state index contributed by atoms with van der Waals surface area (Å²) in [5, 5.41) is 0. The molecule has 2 nitrogen and oxygen atoms in total. The normalized spacial score (nSPS) is 11.1. The van der Waals surface area contributed by atoms with E-state index in [9.17, 15) is 8.78 Å². The number of nitrogens with two attached hydrogens (primary N) is 1. The molecule has 0 radical (unpaired) electrons. The molecule has 0 atom stereocenters. The maximum absolute atomic E-state index is 13.2. The number of hydrogen-bond donors (Lipinski definition) is 1. The molecule has 0 bridgehead atoms. The minimum absolute atomic E-state index is 0.563. The Labute approximate surface area is 116 Å². The van der Waals surface area contributed by atoms with Crippen LogP contribution in [0.5, 0.6) is 0 Å². The van der Waals surface area contributed by atoms with Crippen molar-refractivity contribution in [1.82, 2.24) is 4.98 Å². The number of fused-ring (bicyclic) bond motifs is 1. The topological polar surface area (TPSA) is 38.9 Å². The predicted octanol–water partition coefficient (Wildman–Crippen LogP) is 4.31. The fraction of sp³-hybridized carbons (Fsp3) is 0. The molecule has 0 saturated heterocycles. The van der Waals surface area contributed by atoms with Crippen molar-refractivity contribution in [1.29, 1.82) is 0 Å². The van der Waals surface area contributed by atoms with Crippen molar-refractivity contribution in [2.45, 2.75) is 9.79 Å². The number of rotatable bonds is 2. The van der Waals surface area contributed by atoms with E-state index in [2.05, 4.69) is 4.98 Å². The highest BCUT2D eigenvalue weighted by molar-refractivity contribution is 7.99. The summed E-state index contributed by atoms with van der Waals surface area (Å²) in [5.41, 5.74) is 9.08. The second-order valence-electron chi connectivity index (χ2n) is 3.85. The van der Waals surface area contributed by atoms with E-state index in [1.807, 2.05) is 12.1 Å². The highest BCUT2D eigenvalue weighted by atomic mass is 32.2. The zero-order valence-corrected chi connectivity index (χ0v) is 11.2. The summed E-state index contributed by atoms with van der Waals surface area (Å²) in [5.74, 6) is -1.72. The molecule has 0 aliphatic carbocycles. The van der Waals surface area contributed by atoms with Crippen LogP contribution in [-0.2, 0) is 0 Å². The first-order chi connectivity index (χ1) is 9.15. The van der Waals surface area contributed by atoms with Gasteiger partial charge in [0.05, 0.1) is 15.9 Å². The predicted molar refractivity (Wildman–Crippen MR) is 74.5 cm³/mol. The van der Waals surface area contributed by atoms with E-state index in [-0.39, 0.29) is 0 Å².